The van der Waals surface area contributed by atoms with Gasteiger partial charge in [-0.15, -0.1) is 0 Å². The summed E-state index contributed by atoms with van der Waals surface area (Å²) in [5.41, 5.74) is 3.96. The lowest BCUT2D eigenvalue weighted by molar-refractivity contribution is -0.910. The number of nitrogens with one attached hydrogen (secondary N) is 1. The maximum absolute atomic E-state index is 10.3. The van der Waals surface area contributed by atoms with Gasteiger partial charge in [0.2, 0.25) is 11.9 Å². The van der Waals surface area contributed by atoms with Crippen LogP contribution in [0.25, 0.3) is 0 Å². The third-order valence-electron chi connectivity index (χ3n) is 4.67. The molecular formula is C20H25N2O3+. The minimum Gasteiger partial charge on any atom is -0.463 e. The van der Waals surface area contributed by atoms with Gasteiger partial charge < -0.3 is 10.1 Å². The van der Waals surface area contributed by atoms with E-state index in [1.807, 2.05) is 43.3 Å². The molecule has 0 saturated heterocycles. The van der Waals surface area contributed by atoms with Crippen molar-refractivity contribution in [2.45, 2.75) is 38.7 Å². The van der Waals surface area contributed by atoms with Crippen LogP contribution in [0, 0.1) is 12.8 Å². The van der Waals surface area contributed by atoms with E-state index < -0.39 is 0 Å². The van der Waals surface area contributed by atoms with E-state index in [1.54, 1.807) is 6.20 Å². The highest BCUT2D eigenvalue weighted by Crippen LogP contribution is 2.38. The van der Waals surface area contributed by atoms with Gasteiger partial charge >= 0.3 is 0 Å². The number of anilines is 1. The van der Waals surface area contributed by atoms with Gasteiger partial charge in [0, 0.05) is 28.6 Å². The molecule has 0 aliphatic heterocycles. The maximum atomic E-state index is 10.3. The first kappa shape index (κ1) is 17.3. The molecular weight excluding hydrogens is 316 g/mol. The predicted molar refractivity (Wildman–Crippen MR) is 94.4 cm³/mol. The summed E-state index contributed by atoms with van der Waals surface area (Å²) >= 11 is 0. The van der Waals surface area contributed by atoms with Crippen LogP contribution in [-0.2, 0) is 16.1 Å². The second-order valence-electron chi connectivity index (χ2n) is 6.84. The SMILES string of the molecule is Cc1ccc(C(CNc2ccc(COC=O)cc2)CC2CC2)[n+](O)c1. The molecule has 25 heavy (non-hydrogen) atoms. The fraction of sp³-hybridized carbons (Fsp3) is 0.400. The molecule has 132 valence electrons. The first-order valence-electron chi connectivity index (χ1n) is 8.75. The summed E-state index contributed by atoms with van der Waals surface area (Å²) in [5.74, 6) is 1.03. The number of hydrogen-bond donors (Lipinski definition) is 2. The van der Waals surface area contributed by atoms with Gasteiger partial charge in [0.1, 0.15) is 6.61 Å². The van der Waals surface area contributed by atoms with Gasteiger partial charge in [-0.25, -0.2) is 0 Å². The predicted octanol–water partition coefficient (Wildman–Crippen LogP) is 3.19. The molecule has 0 amide bonds. The van der Waals surface area contributed by atoms with Crippen LogP contribution in [0.2, 0.25) is 0 Å². The molecule has 0 bridgehead atoms. The molecule has 1 aliphatic rings. The second-order valence-corrected chi connectivity index (χ2v) is 6.84. The molecule has 1 aromatic carbocycles. The Morgan fingerprint density at radius 2 is 2.04 bits per heavy atom. The maximum Gasteiger partial charge on any atom is 0.293 e. The van der Waals surface area contributed by atoms with Gasteiger partial charge in [-0.2, -0.15) is 0 Å². The lowest BCUT2D eigenvalue weighted by Crippen LogP contribution is -2.38. The summed E-state index contributed by atoms with van der Waals surface area (Å²) in [6.45, 7) is 3.49. The first-order chi connectivity index (χ1) is 12.2. The molecule has 1 aliphatic carbocycles. The van der Waals surface area contributed by atoms with Crippen LogP contribution in [-0.4, -0.2) is 18.2 Å². The highest BCUT2D eigenvalue weighted by atomic mass is 16.5. The second kappa shape index (κ2) is 8.01. The van der Waals surface area contributed by atoms with Crippen molar-refractivity contribution in [1.82, 2.24) is 0 Å². The van der Waals surface area contributed by atoms with E-state index in [9.17, 15) is 10.0 Å². The monoisotopic (exact) mass is 341 g/mol. The number of rotatable bonds is 9. The van der Waals surface area contributed by atoms with Crippen LogP contribution in [0.5, 0.6) is 0 Å². The van der Waals surface area contributed by atoms with E-state index in [0.29, 0.717) is 13.1 Å². The summed E-state index contributed by atoms with van der Waals surface area (Å²) < 4.78 is 6.03. The summed E-state index contributed by atoms with van der Waals surface area (Å²) in [7, 11) is 0. The van der Waals surface area contributed by atoms with E-state index in [1.165, 1.54) is 17.6 Å². The Labute approximate surface area is 148 Å². The third kappa shape index (κ3) is 4.95. The van der Waals surface area contributed by atoms with Crippen molar-refractivity contribution in [2.75, 3.05) is 11.9 Å². The Balaban J connectivity index is 1.65. The number of aryl methyl sites for hydroxylation is 1. The number of nitrogens with zero attached hydrogens (tertiary/aromatic N) is 1. The number of pyridine rings is 1. The topological polar surface area (TPSA) is 62.4 Å². The fourth-order valence-electron chi connectivity index (χ4n) is 3.08. The molecule has 0 radical (unpaired) electrons. The Morgan fingerprint density at radius 3 is 2.68 bits per heavy atom. The Bertz CT molecular complexity index is 711. The Morgan fingerprint density at radius 1 is 1.28 bits per heavy atom. The molecule has 1 heterocycles. The van der Waals surface area contributed by atoms with Gasteiger partial charge in [-0.05, 0) is 43.0 Å². The molecule has 2 aromatic rings. The number of hydrogen-bond acceptors (Lipinski definition) is 4. The van der Waals surface area contributed by atoms with E-state index in [2.05, 4.69) is 5.32 Å². The Kier molecular flexibility index (Phi) is 5.53. The van der Waals surface area contributed by atoms with Gasteiger partial charge in [-0.1, -0.05) is 25.0 Å². The van der Waals surface area contributed by atoms with E-state index >= 15 is 0 Å². The number of carbonyl (C=O) groups excluding carboxylic acids is 1. The van der Waals surface area contributed by atoms with Crippen LogP contribution in [0.4, 0.5) is 5.69 Å². The zero-order valence-electron chi connectivity index (χ0n) is 14.5. The van der Waals surface area contributed by atoms with Gasteiger partial charge in [0.25, 0.3) is 6.47 Å². The Hall–Kier alpha value is -2.56. The van der Waals surface area contributed by atoms with Crippen LogP contribution in [0.15, 0.2) is 42.6 Å². The lowest BCUT2D eigenvalue weighted by Gasteiger charge is -2.15. The smallest absolute Gasteiger partial charge is 0.293 e. The standard InChI is InChI=1S/C20H25N2O3/c1-15-2-9-20(22(24)12-15)18(10-16-3-4-16)11-21-19-7-5-17(6-8-19)13-25-14-23/h2,5-9,12,14,16,18,21,24H,3-4,10-11,13H2,1H3/q+1. The van der Waals surface area contributed by atoms with E-state index in [-0.39, 0.29) is 5.92 Å². The zero-order chi connectivity index (χ0) is 17.6. The molecule has 1 fully saturated rings. The van der Waals surface area contributed by atoms with E-state index in [4.69, 9.17) is 4.74 Å². The number of benzene rings is 1. The van der Waals surface area contributed by atoms with Crippen LogP contribution in [0.3, 0.4) is 0 Å². The molecule has 1 atom stereocenters. The van der Waals surface area contributed by atoms with Crippen molar-refractivity contribution in [3.8, 4) is 0 Å². The molecule has 1 saturated carbocycles. The lowest BCUT2D eigenvalue weighted by atomic mass is 9.97. The molecule has 5 heteroatoms. The molecule has 1 unspecified atom stereocenters. The highest BCUT2D eigenvalue weighted by Gasteiger charge is 2.31. The molecule has 3 rings (SSSR count). The van der Waals surface area contributed by atoms with Crippen LogP contribution in [0.1, 0.15) is 42.0 Å². The van der Waals surface area contributed by atoms with Crippen molar-refractivity contribution in [3.05, 3.63) is 59.4 Å². The molecule has 1 aromatic heterocycles. The average molecular weight is 341 g/mol. The zero-order valence-corrected chi connectivity index (χ0v) is 14.5. The van der Waals surface area contributed by atoms with Crippen molar-refractivity contribution < 1.29 is 19.5 Å². The van der Waals surface area contributed by atoms with Crippen LogP contribution >= 0.6 is 0 Å². The number of aromatic nitrogens is 1. The van der Waals surface area contributed by atoms with E-state index in [0.717, 1.165) is 41.4 Å². The largest absolute Gasteiger partial charge is 0.463 e. The normalized spacial score (nSPS) is 14.8. The van der Waals surface area contributed by atoms with Crippen molar-refractivity contribution in [3.63, 3.8) is 0 Å². The number of ether oxygens (including phenoxy) is 1. The molecule has 0 spiro atoms. The summed E-state index contributed by atoms with van der Waals surface area (Å²) in [6, 6.07) is 11.9. The summed E-state index contributed by atoms with van der Waals surface area (Å²) in [4.78, 5) is 10.2. The fourth-order valence-corrected chi connectivity index (χ4v) is 3.08. The van der Waals surface area contributed by atoms with Crippen molar-refractivity contribution in [1.29, 1.82) is 0 Å². The van der Waals surface area contributed by atoms with Gasteiger partial charge in [0.15, 0.2) is 0 Å². The minimum absolute atomic E-state index is 0.260. The molecule has 2 N–H and O–H groups in total. The third-order valence-corrected chi connectivity index (χ3v) is 4.67. The first-order valence-corrected chi connectivity index (χ1v) is 8.75. The summed E-state index contributed by atoms with van der Waals surface area (Å²) in [6.07, 6.45) is 5.43. The van der Waals surface area contributed by atoms with Gasteiger partial charge in [0.05, 0.1) is 5.92 Å². The van der Waals surface area contributed by atoms with Gasteiger partial charge in [-0.3, -0.25) is 10.0 Å². The minimum atomic E-state index is 0.260. The van der Waals surface area contributed by atoms with Crippen LogP contribution < -0.4 is 10.0 Å². The highest BCUT2D eigenvalue weighted by molar-refractivity contribution is 5.45. The average Bonchev–Trinajstić information content (AvgIpc) is 3.42. The van der Waals surface area contributed by atoms with Crippen molar-refractivity contribution in [2.24, 2.45) is 5.92 Å². The quantitative estimate of drug-likeness (QED) is 0.418. The molecule has 5 nitrogen and oxygen atoms in total. The number of carbonyl (C=O) groups is 1. The summed E-state index contributed by atoms with van der Waals surface area (Å²) in [5, 5.41) is 13.7. The van der Waals surface area contributed by atoms with Crippen molar-refractivity contribution >= 4 is 12.2 Å².